The van der Waals surface area contributed by atoms with E-state index in [1.165, 1.54) is 0 Å². The van der Waals surface area contributed by atoms with Crippen molar-refractivity contribution in [2.75, 3.05) is 5.32 Å². The number of nitrogens with two attached hydrogens (primary N) is 1. The lowest BCUT2D eigenvalue weighted by molar-refractivity contribution is 0.102. The molecule has 0 aliphatic heterocycles. The number of aromatic nitrogens is 5. The van der Waals surface area contributed by atoms with E-state index in [1.807, 2.05) is 46.6 Å². The number of hydrogen-bond acceptors (Lipinski definition) is 5. The number of carbonyl (C=O) groups excluding carboxylic acids is 1. The van der Waals surface area contributed by atoms with Crippen LogP contribution in [-0.2, 0) is 6.54 Å². The zero-order chi connectivity index (χ0) is 19.5. The number of hydrogen-bond donors (Lipinski definition) is 2. The molecular formula is C20H25N7O. The van der Waals surface area contributed by atoms with Crippen LogP contribution in [0.5, 0.6) is 0 Å². The van der Waals surface area contributed by atoms with Crippen LogP contribution in [0.15, 0.2) is 42.9 Å². The van der Waals surface area contributed by atoms with E-state index in [4.69, 9.17) is 5.73 Å². The minimum absolute atomic E-state index is 0.256. The molecule has 8 nitrogen and oxygen atoms in total. The summed E-state index contributed by atoms with van der Waals surface area (Å²) in [5, 5.41) is 11.2. The molecule has 3 N–H and O–H groups in total. The van der Waals surface area contributed by atoms with Crippen molar-refractivity contribution in [3.8, 4) is 0 Å². The molecule has 1 fully saturated rings. The van der Waals surface area contributed by atoms with Gasteiger partial charge in [0.25, 0.3) is 5.91 Å². The Kier molecular flexibility index (Phi) is 5.21. The van der Waals surface area contributed by atoms with Gasteiger partial charge in [-0.2, -0.15) is 0 Å². The molecule has 28 heavy (non-hydrogen) atoms. The van der Waals surface area contributed by atoms with Gasteiger partial charge < -0.3 is 15.6 Å². The fraction of sp³-hybridized carbons (Fsp3) is 0.400. The second-order valence-electron chi connectivity index (χ2n) is 7.37. The van der Waals surface area contributed by atoms with Crippen LogP contribution in [0.25, 0.3) is 0 Å². The molecule has 1 aliphatic rings. The molecule has 0 atom stereocenters. The minimum Gasteiger partial charge on any atom is -0.331 e. The van der Waals surface area contributed by atoms with E-state index in [9.17, 15) is 4.79 Å². The highest BCUT2D eigenvalue weighted by Crippen LogP contribution is 2.27. The van der Waals surface area contributed by atoms with E-state index >= 15 is 0 Å². The summed E-state index contributed by atoms with van der Waals surface area (Å²) in [5.41, 5.74) is 8.06. The van der Waals surface area contributed by atoms with Crippen LogP contribution >= 0.6 is 0 Å². The number of amides is 1. The topological polar surface area (TPSA) is 104 Å². The standard InChI is InChI=1S/C20H25N7O/c1-14-22-10-11-26(14)12-15-4-2-3-5-18(15)23-20(28)19-13-27(25-24-19)17-8-6-16(21)7-9-17/h2-5,10-11,13,16-17H,6-9,12,21H2,1H3,(H,23,28). The Hall–Kier alpha value is -3.00. The molecule has 0 bridgehead atoms. The van der Waals surface area contributed by atoms with Gasteiger partial charge in [-0.3, -0.25) is 4.79 Å². The van der Waals surface area contributed by atoms with E-state index in [2.05, 4.69) is 20.6 Å². The molecule has 2 heterocycles. The predicted octanol–water partition coefficient (Wildman–Crippen LogP) is 2.53. The molecule has 1 aromatic carbocycles. The first kappa shape index (κ1) is 18.4. The van der Waals surface area contributed by atoms with Crippen molar-refractivity contribution in [1.82, 2.24) is 24.5 Å². The molecule has 1 aliphatic carbocycles. The minimum atomic E-state index is -0.256. The van der Waals surface area contributed by atoms with Gasteiger partial charge in [0.05, 0.1) is 18.8 Å². The van der Waals surface area contributed by atoms with Crippen LogP contribution in [0, 0.1) is 6.92 Å². The Balaban J connectivity index is 1.46. The molecule has 146 valence electrons. The number of para-hydroxylation sites is 1. The summed E-state index contributed by atoms with van der Waals surface area (Å²) in [4.78, 5) is 17.0. The van der Waals surface area contributed by atoms with Crippen LogP contribution in [0.1, 0.15) is 53.6 Å². The highest BCUT2D eigenvalue weighted by molar-refractivity contribution is 6.03. The molecule has 0 radical (unpaired) electrons. The molecular weight excluding hydrogens is 354 g/mol. The van der Waals surface area contributed by atoms with Crippen molar-refractivity contribution in [3.63, 3.8) is 0 Å². The van der Waals surface area contributed by atoms with Gasteiger partial charge in [0.1, 0.15) is 5.82 Å². The maximum Gasteiger partial charge on any atom is 0.277 e. The zero-order valence-electron chi connectivity index (χ0n) is 16.0. The predicted molar refractivity (Wildman–Crippen MR) is 106 cm³/mol. The fourth-order valence-corrected chi connectivity index (χ4v) is 3.65. The highest BCUT2D eigenvalue weighted by atomic mass is 16.2. The molecule has 8 heteroatoms. The number of rotatable bonds is 5. The lowest BCUT2D eigenvalue weighted by Crippen LogP contribution is -2.28. The van der Waals surface area contributed by atoms with Crippen molar-refractivity contribution in [3.05, 3.63) is 59.9 Å². The van der Waals surface area contributed by atoms with Crippen molar-refractivity contribution in [1.29, 1.82) is 0 Å². The van der Waals surface area contributed by atoms with Crippen molar-refractivity contribution < 1.29 is 4.79 Å². The second-order valence-corrected chi connectivity index (χ2v) is 7.37. The van der Waals surface area contributed by atoms with Gasteiger partial charge in [-0.1, -0.05) is 23.4 Å². The van der Waals surface area contributed by atoms with Gasteiger partial charge in [0, 0.05) is 24.1 Å². The van der Waals surface area contributed by atoms with Gasteiger partial charge in [-0.25, -0.2) is 9.67 Å². The molecule has 0 spiro atoms. The summed E-state index contributed by atoms with van der Waals surface area (Å²) in [7, 11) is 0. The SMILES string of the molecule is Cc1nccn1Cc1ccccc1NC(=O)c1cn(C2CCC(N)CC2)nn1. The number of nitrogens with one attached hydrogen (secondary N) is 1. The zero-order valence-corrected chi connectivity index (χ0v) is 16.0. The van der Waals surface area contributed by atoms with E-state index < -0.39 is 0 Å². The second kappa shape index (κ2) is 7.93. The first-order valence-corrected chi connectivity index (χ1v) is 9.64. The smallest absolute Gasteiger partial charge is 0.277 e. The summed E-state index contributed by atoms with van der Waals surface area (Å²) in [5.74, 6) is 0.671. The highest BCUT2D eigenvalue weighted by Gasteiger charge is 2.22. The largest absolute Gasteiger partial charge is 0.331 e. The maximum absolute atomic E-state index is 12.7. The summed E-state index contributed by atoms with van der Waals surface area (Å²) in [6, 6.07) is 8.30. The Bertz CT molecular complexity index is 953. The van der Waals surface area contributed by atoms with Gasteiger partial charge in [0.2, 0.25) is 0 Å². The lowest BCUT2D eigenvalue weighted by atomic mass is 9.92. The molecule has 1 saturated carbocycles. The third-order valence-electron chi connectivity index (χ3n) is 5.39. The van der Waals surface area contributed by atoms with Crippen LogP contribution in [-0.4, -0.2) is 36.5 Å². The monoisotopic (exact) mass is 379 g/mol. The molecule has 3 aromatic rings. The van der Waals surface area contributed by atoms with Crippen LogP contribution in [0.3, 0.4) is 0 Å². The molecule has 4 rings (SSSR count). The molecule has 1 amide bonds. The number of nitrogens with zero attached hydrogens (tertiary/aromatic N) is 5. The molecule has 0 unspecified atom stereocenters. The van der Waals surface area contributed by atoms with Gasteiger partial charge in [0.15, 0.2) is 5.69 Å². The van der Waals surface area contributed by atoms with Crippen LogP contribution < -0.4 is 11.1 Å². The Morgan fingerprint density at radius 1 is 1.25 bits per heavy atom. The number of carbonyl (C=O) groups is 1. The third kappa shape index (κ3) is 3.96. The normalized spacial score (nSPS) is 19.5. The van der Waals surface area contributed by atoms with E-state index in [0.29, 0.717) is 12.2 Å². The number of imidazole rings is 1. The average Bonchev–Trinajstić information content (AvgIpc) is 3.34. The van der Waals surface area contributed by atoms with E-state index in [1.54, 1.807) is 12.4 Å². The first-order valence-electron chi connectivity index (χ1n) is 9.64. The van der Waals surface area contributed by atoms with E-state index in [-0.39, 0.29) is 18.0 Å². The average molecular weight is 379 g/mol. The van der Waals surface area contributed by atoms with Crippen molar-refractivity contribution >= 4 is 11.6 Å². The number of aryl methyl sites for hydroxylation is 1. The fourth-order valence-electron chi connectivity index (χ4n) is 3.65. The molecule has 2 aromatic heterocycles. The number of benzene rings is 1. The van der Waals surface area contributed by atoms with Crippen LogP contribution in [0.4, 0.5) is 5.69 Å². The van der Waals surface area contributed by atoms with Gasteiger partial charge in [-0.05, 0) is 44.2 Å². The summed E-state index contributed by atoms with van der Waals surface area (Å²) in [6.45, 7) is 2.59. The first-order chi connectivity index (χ1) is 13.6. The Morgan fingerprint density at radius 2 is 2.04 bits per heavy atom. The summed E-state index contributed by atoms with van der Waals surface area (Å²) >= 11 is 0. The Morgan fingerprint density at radius 3 is 2.79 bits per heavy atom. The lowest BCUT2D eigenvalue weighted by Gasteiger charge is -2.25. The van der Waals surface area contributed by atoms with Crippen molar-refractivity contribution in [2.45, 2.75) is 51.2 Å². The third-order valence-corrected chi connectivity index (χ3v) is 5.39. The summed E-state index contributed by atoms with van der Waals surface area (Å²) < 4.78 is 3.84. The number of anilines is 1. The van der Waals surface area contributed by atoms with Gasteiger partial charge in [-0.15, -0.1) is 5.10 Å². The quantitative estimate of drug-likeness (QED) is 0.709. The van der Waals surface area contributed by atoms with E-state index in [0.717, 1.165) is 42.8 Å². The van der Waals surface area contributed by atoms with Crippen LogP contribution in [0.2, 0.25) is 0 Å². The van der Waals surface area contributed by atoms with Gasteiger partial charge >= 0.3 is 0 Å². The van der Waals surface area contributed by atoms with Crippen molar-refractivity contribution in [2.24, 2.45) is 5.73 Å². The Labute approximate surface area is 163 Å². The molecule has 0 saturated heterocycles. The maximum atomic E-state index is 12.7. The summed E-state index contributed by atoms with van der Waals surface area (Å²) in [6.07, 6.45) is 9.33.